The Hall–Kier alpha value is -4.34. The van der Waals surface area contributed by atoms with Crippen LogP contribution in [0.5, 0.6) is 0 Å². The monoisotopic (exact) mass is 608 g/mol. The summed E-state index contributed by atoms with van der Waals surface area (Å²) in [6.45, 7) is 6.60. The second-order valence-electron chi connectivity index (χ2n) is 11.9. The van der Waals surface area contributed by atoms with Crippen LogP contribution in [0.25, 0.3) is 6.08 Å². The molecule has 234 valence electrons. The molecule has 10 heteroatoms. The van der Waals surface area contributed by atoms with E-state index in [1.54, 1.807) is 22.2 Å². The fraction of sp³-hybridized carbons (Fsp3) is 0.382. The molecule has 1 aromatic heterocycles. The van der Waals surface area contributed by atoms with Gasteiger partial charge in [-0.3, -0.25) is 9.78 Å². The second-order valence-corrected chi connectivity index (χ2v) is 11.9. The number of carbonyl (C=O) groups excluding carboxylic acids is 2. The maximum atomic E-state index is 13.7. The number of likely N-dealkylation sites (tertiary alicyclic amines) is 1. The molecule has 2 amide bonds. The third kappa shape index (κ3) is 9.08. The minimum atomic E-state index is -4.43. The average Bonchev–Trinajstić information content (AvgIpc) is 3.24. The van der Waals surface area contributed by atoms with Gasteiger partial charge in [0.15, 0.2) is 0 Å². The number of hydrogen-bond acceptors (Lipinski definition) is 5. The van der Waals surface area contributed by atoms with E-state index in [4.69, 9.17) is 4.74 Å². The first kappa shape index (κ1) is 32.6. The van der Waals surface area contributed by atoms with E-state index >= 15 is 0 Å². The molecule has 0 bridgehead atoms. The molecule has 7 nitrogen and oxygen atoms in total. The maximum Gasteiger partial charge on any atom is 0.416 e. The highest BCUT2D eigenvalue weighted by atomic mass is 19.4. The molecule has 0 aliphatic carbocycles. The van der Waals surface area contributed by atoms with Crippen molar-refractivity contribution in [1.82, 2.24) is 14.8 Å². The number of amides is 2. The molecule has 0 spiro atoms. The van der Waals surface area contributed by atoms with E-state index in [2.05, 4.69) is 4.98 Å². The molecule has 1 aliphatic heterocycles. The van der Waals surface area contributed by atoms with Crippen molar-refractivity contribution in [2.75, 3.05) is 25.0 Å². The third-order valence-corrected chi connectivity index (χ3v) is 7.41. The summed E-state index contributed by atoms with van der Waals surface area (Å²) in [4.78, 5) is 36.2. The molecule has 2 aromatic carbocycles. The van der Waals surface area contributed by atoms with Crippen LogP contribution < -0.4 is 4.90 Å². The maximum absolute atomic E-state index is 13.7. The lowest BCUT2D eigenvalue weighted by Crippen LogP contribution is -2.47. The Bertz CT molecular complexity index is 1420. The summed E-state index contributed by atoms with van der Waals surface area (Å²) in [7, 11) is 1.96. The van der Waals surface area contributed by atoms with Crippen LogP contribution in [-0.2, 0) is 22.3 Å². The summed E-state index contributed by atoms with van der Waals surface area (Å²) in [5, 5.41) is 0. The van der Waals surface area contributed by atoms with Crippen molar-refractivity contribution in [3.63, 3.8) is 0 Å². The Morgan fingerprint density at radius 1 is 0.955 bits per heavy atom. The Morgan fingerprint density at radius 2 is 1.59 bits per heavy atom. The highest BCUT2D eigenvalue weighted by molar-refractivity contribution is 5.92. The SMILES string of the molecule is CN(c1ccncc1)c1ccc(CN(C(=O)/C=C/c2ccc(C(F)(F)F)cc2)C2CCCCN(C(=O)OC(C)(C)C)C2)cc1. The number of benzene rings is 2. The predicted molar refractivity (Wildman–Crippen MR) is 165 cm³/mol. The first-order valence-electron chi connectivity index (χ1n) is 14.7. The number of hydrogen-bond donors (Lipinski definition) is 0. The molecule has 1 fully saturated rings. The van der Waals surface area contributed by atoms with Crippen molar-refractivity contribution in [3.05, 3.63) is 95.8 Å². The van der Waals surface area contributed by atoms with E-state index < -0.39 is 23.4 Å². The van der Waals surface area contributed by atoms with E-state index in [1.807, 2.05) is 69.1 Å². The topological polar surface area (TPSA) is 66.0 Å². The largest absolute Gasteiger partial charge is 0.444 e. The summed E-state index contributed by atoms with van der Waals surface area (Å²) < 4.78 is 44.6. The van der Waals surface area contributed by atoms with Crippen LogP contribution in [0.3, 0.4) is 0 Å². The standard InChI is InChI=1S/C34H39F3N4O3/c1-33(2,3)44-32(43)40-22-6-5-7-30(24-40)41(31(42)17-12-25-8-13-27(14-9-25)34(35,36)37)23-26-10-15-28(16-11-26)39(4)29-18-20-38-21-19-29/h8-21,30H,5-7,22-24H2,1-4H3/b17-12+. The van der Waals surface area contributed by atoms with E-state index in [1.165, 1.54) is 24.3 Å². The second kappa shape index (κ2) is 14.0. The van der Waals surface area contributed by atoms with Crippen molar-refractivity contribution in [3.8, 4) is 0 Å². The average molecular weight is 609 g/mol. The normalized spacial score (nSPS) is 16.0. The molecule has 0 N–H and O–H groups in total. The van der Waals surface area contributed by atoms with E-state index in [-0.39, 0.29) is 11.9 Å². The minimum Gasteiger partial charge on any atom is -0.444 e. The highest BCUT2D eigenvalue weighted by Gasteiger charge is 2.32. The predicted octanol–water partition coefficient (Wildman–Crippen LogP) is 7.70. The first-order chi connectivity index (χ1) is 20.8. The molecule has 2 heterocycles. The van der Waals surface area contributed by atoms with Crippen LogP contribution in [0.1, 0.15) is 56.7 Å². The molecule has 1 aliphatic rings. The number of halogens is 3. The van der Waals surface area contributed by atoms with Gasteiger partial charge in [-0.2, -0.15) is 13.2 Å². The van der Waals surface area contributed by atoms with E-state index in [0.29, 0.717) is 31.6 Å². The van der Waals surface area contributed by atoms with Gasteiger partial charge in [-0.05, 0) is 93.6 Å². The number of ether oxygens (including phenoxy) is 1. The Kier molecular flexibility index (Phi) is 10.3. The van der Waals surface area contributed by atoms with Gasteiger partial charge in [0, 0.05) is 56.5 Å². The minimum absolute atomic E-state index is 0.283. The first-order valence-corrected chi connectivity index (χ1v) is 14.7. The van der Waals surface area contributed by atoms with Crippen LogP contribution in [0.2, 0.25) is 0 Å². The van der Waals surface area contributed by atoms with Gasteiger partial charge in [-0.15, -0.1) is 0 Å². The number of aromatic nitrogens is 1. The van der Waals surface area contributed by atoms with Gasteiger partial charge in [0.1, 0.15) is 5.60 Å². The number of carbonyl (C=O) groups is 2. The number of pyridine rings is 1. The third-order valence-electron chi connectivity index (χ3n) is 7.41. The Balaban J connectivity index is 1.57. The van der Waals surface area contributed by atoms with Crippen LogP contribution in [-0.4, -0.2) is 58.6 Å². The smallest absolute Gasteiger partial charge is 0.416 e. The lowest BCUT2D eigenvalue weighted by Gasteiger charge is -2.34. The summed E-state index contributed by atoms with van der Waals surface area (Å²) >= 11 is 0. The van der Waals surface area contributed by atoms with Gasteiger partial charge >= 0.3 is 12.3 Å². The van der Waals surface area contributed by atoms with Gasteiger partial charge in [-0.1, -0.05) is 24.3 Å². The number of nitrogens with zero attached hydrogens (tertiary/aromatic N) is 4. The number of rotatable bonds is 7. The molecular weight excluding hydrogens is 569 g/mol. The highest BCUT2D eigenvalue weighted by Crippen LogP contribution is 2.29. The van der Waals surface area contributed by atoms with Gasteiger partial charge in [0.2, 0.25) is 5.91 Å². The molecule has 1 unspecified atom stereocenters. The van der Waals surface area contributed by atoms with Crippen LogP contribution in [0, 0.1) is 0 Å². The summed E-state index contributed by atoms with van der Waals surface area (Å²) in [6.07, 6.45) is 3.83. The summed E-state index contributed by atoms with van der Waals surface area (Å²) in [5.74, 6) is -0.293. The molecule has 3 aromatic rings. The van der Waals surface area contributed by atoms with Gasteiger partial charge in [-0.25, -0.2) is 4.79 Å². The zero-order valence-corrected chi connectivity index (χ0v) is 25.6. The van der Waals surface area contributed by atoms with Crippen molar-refractivity contribution in [1.29, 1.82) is 0 Å². The van der Waals surface area contributed by atoms with Crippen molar-refractivity contribution in [2.24, 2.45) is 0 Å². The quantitative estimate of drug-likeness (QED) is 0.257. The van der Waals surface area contributed by atoms with E-state index in [9.17, 15) is 22.8 Å². The van der Waals surface area contributed by atoms with Crippen molar-refractivity contribution < 1.29 is 27.5 Å². The fourth-order valence-corrected chi connectivity index (χ4v) is 5.04. The molecule has 1 atom stereocenters. The molecular formula is C34H39F3N4O3. The van der Waals surface area contributed by atoms with Crippen LogP contribution >= 0.6 is 0 Å². The van der Waals surface area contributed by atoms with Crippen molar-refractivity contribution in [2.45, 2.75) is 64.4 Å². The number of alkyl halides is 3. The lowest BCUT2D eigenvalue weighted by atomic mass is 10.1. The van der Waals surface area contributed by atoms with Crippen molar-refractivity contribution >= 4 is 29.5 Å². The molecule has 0 radical (unpaired) electrons. The van der Waals surface area contributed by atoms with E-state index in [0.717, 1.165) is 41.9 Å². The lowest BCUT2D eigenvalue weighted by molar-refractivity contribution is -0.137. The van der Waals surface area contributed by atoms with Gasteiger partial charge in [0.05, 0.1) is 11.6 Å². The van der Waals surface area contributed by atoms with Gasteiger partial charge < -0.3 is 19.4 Å². The van der Waals surface area contributed by atoms with Gasteiger partial charge in [0.25, 0.3) is 0 Å². The molecule has 4 rings (SSSR count). The zero-order chi connectivity index (χ0) is 31.9. The van der Waals surface area contributed by atoms with Crippen LogP contribution in [0.15, 0.2) is 79.1 Å². The summed E-state index contributed by atoms with van der Waals surface area (Å²) in [5.41, 5.74) is 1.93. The molecule has 44 heavy (non-hydrogen) atoms. The molecule has 0 saturated carbocycles. The summed E-state index contributed by atoms with van der Waals surface area (Å²) in [6, 6.07) is 16.1. The Labute approximate surface area is 256 Å². The fourth-order valence-electron chi connectivity index (χ4n) is 5.04. The van der Waals surface area contributed by atoms with Crippen LogP contribution in [0.4, 0.5) is 29.3 Å². The number of anilines is 2. The Morgan fingerprint density at radius 3 is 2.20 bits per heavy atom. The zero-order valence-electron chi connectivity index (χ0n) is 25.6. The molecule has 1 saturated heterocycles.